The number of amides is 1. The fourth-order valence-corrected chi connectivity index (χ4v) is 3.36. The average molecular weight is 343 g/mol. The molecule has 1 saturated carbocycles. The van der Waals surface area contributed by atoms with Gasteiger partial charge in [-0.15, -0.1) is 0 Å². The smallest absolute Gasteiger partial charge is 0.252 e. The zero-order chi connectivity index (χ0) is 14.9. The van der Waals surface area contributed by atoms with E-state index in [1.54, 1.807) is 0 Å². The molecule has 3 nitrogen and oxygen atoms in total. The fraction of sp³-hybridized carbons (Fsp3) is 0.533. The van der Waals surface area contributed by atoms with E-state index in [0.717, 1.165) is 19.3 Å². The van der Waals surface area contributed by atoms with Crippen molar-refractivity contribution in [3.8, 4) is 0 Å². The average Bonchev–Trinajstić information content (AvgIpc) is 2.37. The maximum atomic E-state index is 13.3. The van der Waals surface area contributed by atoms with Gasteiger partial charge in [-0.25, -0.2) is 4.39 Å². The summed E-state index contributed by atoms with van der Waals surface area (Å²) in [5.74, 6) is 0.453. The Bertz CT molecular complexity index is 521. The molecule has 0 aromatic heterocycles. The SMILES string of the molecule is CC1CCC(NC(=O)c2cc(N)c(F)cc2Br)C(C)C1. The van der Waals surface area contributed by atoms with Crippen molar-refractivity contribution in [2.24, 2.45) is 11.8 Å². The molecular weight excluding hydrogens is 323 g/mol. The Labute approximate surface area is 127 Å². The summed E-state index contributed by atoms with van der Waals surface area (Å²) in [6.07, 6.45) is 3.24. The second-order valence-electron chi connectivity index (χ2n) is 5.83. The number of halogens is 2. The first-order valence-electron chi connectivity index (χ1n) is 6.94. The lowest BCUT2D eigenvalue weighted by atomic mass is 9.80. The maximum Gasteiger partial charge on any atom is 0.252 e. The number of benzene rings is 1. The summed E-state index contributed by atoms with van der Waals surface area (Å²) < 4.78 is 13.7. The summed E-state index contributed by atoms with van der Waals surface area (Å²) in [6, 6.07) is 2.79. The number of nitrogen functional groups attached to an aromatic ring is 1. The van der Waals surface area contributed by atoms with Crippen LogP contribution in [0.4, 0.5) is 10.1 Å². The third kappa shape index (κ3) is 3.32. The quantitative estimate of drug-likeness (QED) is 0.804. The number of nitrogens with two attached hydrogens (primary N) is 1. The van der Waals surface area contributed by atoms with Gasteiger partial charge in [0, 0.05) is 10.5 Å². The van der Waals surface area contributed by atoms with E-state index >= 15 is 0 Å². The first kappa shape index (κ1) is 15.3. The third-order valence-electron chi connectivity index (χ3n) is 4.08. The van der Waals surface area contributed by atoms with Crippen molar-refractivity contribution in [1.82, 2.24) is 5.32 Å². The van der Waals surface area contributed by atoms with Crippen molar-refractivity contribution in [2.75, 3.05) is 5.73 Å². The fourth-order valence-electron chi connectivity index (χ4n) is 2.87. The van der Waals surface area contributed by atoms with Crippen molar-refractivity contribution >= 4 is 27.5 Å². The van der Waals surface area contributed by atoms with Crippen molar-refractivity contribution in [2.45, 2.75) is 39.2 Å². The van der Waals surface area contributed by atoms with Crippen molar-refractivity contribution in [1.29, 1.82) is 0 Å². The van der Waals surface area contributed by atoms with Gasteiger partial charge in [-0.1, -0.05) is 13.8 Å². The lowest BCUT2D eigenvalue weighted by molar-refractivity contribution is 0.0899. The summed E-state index contributed by atoms with van der Waals surface area (Å²) in [4.78, 5) is 12.3. The van der Waals surface area contributed by atoms with Gasteiger partial charge in [0.05, 0.1) is 11.3 Å². The normalized spacial score (nSPS) is 26.3. The summed E-state index contributed by atoms with van der Waals surface area (Å²) in [6.45, 7) is 4.40. The maximum absolute atomic E-state index is 13.3. The zero-order valence-corrected chi connectivity index (χ0v) is 13.3. The monoisotopic (exact) mass is 342 g/mol. The highest BCUT2D eigenvalue weighted by Crippen LogP contribution is 2.29. The van der Waals surface area contributed by atoms with Crippen LogP contribution in [0.5, 0.6) is 0 Å². The molecule has 3 atom stereocenters. The number of rotatable bonds is 2. The van der Waals surface area contributed by atoms with Gasteiger partial charge in [0.2, 0.25) is 0 Å². The van der Waals surface area contributed by atoms with Gasteiger partial charge in [0.1, 0.15) is 5.82 Å². The second kappa shape index (κ2) is 6.12. The van der Waals surface area contributed by atoms with E-state index < -0.39 is 5.82 Å². The van der Waals surface area contributed by atoms with E-state index in [4.69, 9.17) is 5.73 Å². The van der Waals surface area contributed by atoms with Crippen molar-refractivity contribution < 1.29 is 9.18 Å². The van der Waals surface area contributed by atoms with Gasteiger partial charge in [0.25, 0.3) is 5.91 Å². The molecule has 2 rings (SSSR count). The van der Waals surface area contributed by atoms with Crippen LogP contribution in [0.1, 0.15) is 43.5 Å². The highest BCUT2D eigenvalue weighted by Gasteiger charge is 2.27. The lowest BCUT2D eigenvalue weighted by Gasteiger charge is -2.33. The van der Waals surface area contributed by atoms with Gasteiger partial charge in [0.15, 0.2) is 0 Å². The highest BCUT2D eigenvalue weighted by molar-refractivity contribution is 9.10. The number of hydrogen-bond donors (Lipinski definition) is 2. The minimum atomic E-state index is -0.520. The van der Waals surface area contributed by atoms with Crippen LogP contribution in [-0.2, 0) is 0 Å². The molecule has 0 aliphatic heterocycles. The van der Waals surface area contributed by atoms with Crippen LogP contribution in [0.2, 0.25) is 0 Å². The van der Waals surface area contributed by atoms with E-state index in [1.807, 2.05) is 0 Å². The van der Waals surface area contributed by atoms with E-state index in [-0.39, 0.29) is 17.6 Å². The first-order chi connectivity index (χ1) is 9.38. The van der Waals surface area contributed by atoms with Gasteiger partial charge in [-0.3, -0.25) is 4.79 Å². The van der Waals surface area contributed by atoms with Crippen molar-refractivity contribution in [3.05, 3.63) is 28.0 Å². The molecule has 1 aliphatic rings. The molecule has 1 fully saturated rings. The molecule has 0 heterocycles. The van der Waals surface area contributed by atoms with Crippen LogP contribution in [-0.4, -0.2) is 11.9 Å². The van der Waals surface area contributed by atoms with Gasteiger partial charge >= 0.3 is 0 Å². The molecule has 1 amide bonds. The third-order valence-corrected chi connectivity index (χ3v) is 4.74. The van der Waals surface area contributed by atoms with E-state index in [1.165, 1.54) is 12.1 Å². The molecule has 1 aromatic carbocycles. The molecule has 3 N–H and O–H groups in total. The molecule has 110 valence electrons. The Morgan fingerprint density at radius 3 is 2.75 bits per heavy atom. The first-order valence-corrected chi connectivity index (χ1v) is 7.73. The largest absolute Gasteiger partial charge is 0.396 e. The van der Waals surface area contributed by atoms with Gasteiger partial charge < -0.3 is 11.1 Å². The molecule has 1 aromatic rings. The summed E-state index contributed by atoms with van der Waals surface area (Å²) in [7, 11) is 0. The molecule has 0 spiro atoms. The lowest BCUT2D eigenvalue weighted by Crippen LogP contribution is -2.42. The molecule has 20 heavy (non-hydrogen) atoms. The predicted octanol–water partition coefficient (Wildman–Crippen LogP) is 3.72. The number of carbonyl (C=O) groups is 1. The Morgan fingerprint density at radius 2 is 2.10 bits per heavy atom. The Hall–Kier alpha value is -1.10. The number of anilines is 1. The van der Waals surface area contributed by atoms with Crippen LogP contribution < -0.4 is 11.1 Å². The number of hydrogen-bond acceptors (Lipinski definition) is 2. The molecule has 5 heteroatoms. The Kier molecular flexibility index (Phi) is 4.68. The second-order valence-corrected chi connectivity index (χ2v) is 6.68. The van der Waals surface area contributed by atoms with E-state index in [9.17, 15) is 9.18 Å². The highest BCUT2D eigenvalue weighted by atomic mass is 79.9. The molecule has 0 bridgehead atoms. The molecule has 1 aliphatic carbocycles. The van der Waals surface area contributed by atoms with Crippen LogP contribution in [0.3, 0.4) is 0 Å². The van der Waals surface area contributed by atoms with E-state index in [0.29, 0.717) is 21.9 Å². The summed E-state index contributed by atoms with van der Waals surface area (Å²) >= 11 is 3.21. The number of nitrogens with one attached hydrogen (secondary N) is 1. The summed E-state index contributed by atoms with van der Waals surface area (Å²) in [5, 5.41) is 3.05. The van der Waals surface area contributed by atoms with E-state index in [2.05, 4.69) is 35.1 Å². The Balaban J connectivity index is 2.11. The zero-order valence-electron chi connectivity index (χ0n) is 11.7. The molecule has 0 saturated heterocycles. The standard InChI is InChI=1S/C15H20BrFN2O/c1-8-3-4-14(9(2)5-8)19-15(20)10-6-13(18)12(17)7-11(10)16/h6-9,14H,3-5,18H2,1-2H3,(H,19,20). The van der Waals surface area contributed by atoms with Gasteiger partial charge in [-0.2, -0.15) is 0 Å². The molecule has 3 unspecified atom stereocenters. The Morgan fingerprint density at radius 1 is 1.40 bits per heavy atom. The van der Waals surface area contributed by atoms with Crippen LogP contribution in [0.15, 0.2) is 16.6 Å². The molecular formula is C15H20BrFN2O. The topological polar surface area (TPSA) is 55.1 Å². The van der Waals surface area contributed by atoms with Gasteiger partial charge in [-0.05, 0) is 59.2 Å². The molecule has 0 radical (unpaired) electrons. The number of carbonyl (C=O) groups excluding carboxylic acids is 1. The van der Waals surface area contributed by atoms with Crippen LogP contribution in [0.25, 0.3) is 0 Å². The van der Waals surface area contributed by atoms with Crippen LogP contribution in [0, 0.1) is 17.7 Å². The summed E-state index contributed by atoms with van der Waals surface area (Å²) in [5.41, 5.74) is 5.90. The minimum absolute atomic E-state index is 0.0105. The predicted molar refractivity (Wildman–Crippen MR) is 81.9 cm³/mol. The van der Waals surface area contributed by atoms with Crippen LogP contribution >= 0.6 is 15.9 Å². The minimum Gasteiger partial charge on any atom is -0.396 e. The van der Waals surface area contributed by atoms with Crippen molar-refractivity contribution in [3.63, 3.8) is 0 Å².